The van der Waals surface area contributed by atoms with Crippen LogP contribution in [0, 0.1) is 0 Å². The molecule has 1 aromatic carbocycles. The fraction of sp³-hybridized carbons (Fsp3) is 0.200. The Kier molecular flexibility index (Phi) is 5.45. The molecule has 2 rings (SSSR count). The molecule has 0 spiro atoms. The first-order valence-electron chi connectivity index (χ1n) is 6.53. The molecule has 21 heavy (non-hydrogen) atoms. The van der Waals surface area contributed by atoms with E-state index < -0.39 is 16.7 Å². The average molecular weight is 303 g/mol. The minimum Gasteiger partial charge on any atom is -0.383 e. The maximum Gasteiger partial charge on any atom is 0.252 e. The summed E-state index contributed by atoms with van der Waals surface area (Å²) in [6.07, 6.45) is 3.00. The normalized spacial score (nSPS) is 11.8. The molecule has 5 nitrogen and oxygen atoms in total. The van der Waals surface area contributed by atoms with E-state index in [0.29, 0.717) is 29.3 Å². The van der Waals surface area contributed by atoms with Gasteiger partial charge in [0.15, 0.2) is 0 Å². The van der Waals surface area contributed by atoms with Gasteiger partial charge < -0.3 is 11.1 Å². The first-order chi connectivity index (χ1) is 10.2. The molecule has 2 aromatic rings. The molecule has 1 unspecified atom stereocenters. The SMILES string of the molecule is NC(=O)c1cnccc1NCCS(=O)Cc1ccccc1. The van der Waals surface area contributed by atoms with Crippen LogP contribution in [0.1, 0.15) is 15.9 Å². The first kappa shape index (κ1) is 15.2. The van der Waals surface area contributed by atoms with E-state index >= 15 is 0 Å². The van der Waals surface area contributed by atoms with E-state index in [1.807, 2.05) is 30.3 Å². The van der Waals surface area contributed by atoms with Gasteiger partial charge >= 0.3 is 0 Å². The molecule has 6 heteroatoms. The topological polar surface area (TPSA) is 85.1 Å². The standard InChI is InChI=1S/C15H17N3O2S/c16-15(19)13-10-17-7-6-14(13)18-8-9-21(20)11-12-4-2-1-3-5-12/h1-7,10H,8-9,11H2,(H2,16,19)(H,17,18). The number of pyridine rings is 1. The van der Waals surface area contributed by atoms with E-state index in [-0.39, 0.29) is 0 Å². The molecule has 0 aliphatic heterocycles. The van der Waals surface area contributed by atoms with E-state index in [1.54, 1.807) is 12.3 Å². The van der Waals surface area contributed by atoms with Crippen molar-refractivity contribution in [2.45, 2.75) is 5.75 Å². The molecular weight excluding hydrogens is 286 g/mol. The van der Waals surface area contributed by atoms with Crippen molar-refractivity contribution < 1.29 is 9.00 Å². The molecule has 0 fully saturated rings. The van der Waals surface area contributed by atoms with E-state index in [2.05, 4.69) is 10.3 Å². The molecule has 110 valence electrons. The Labute approximate surface area is 126 Å². The second kappa shape index (κ2) is 7.54. The lowest BCUT2D eigenvalue weighted by molar-refractivity contribution is 0.100. The smallest absolute Gasteiger partial charge is 0.252 e. The van der Waals surface area contributed by atoms with Gasteiger partial charge in [0.2, 0.25) is 0 Å². The minimum atomic E-state index is -0.956. The van der Waals surface area contributed by atoms with E-state index in [0.717, 1.165) is 5.56 Å². The van der Waals surface area contributed by atoms with Gasteiger partial charge in [-0.1, -0.05) is 30.3 Å². The fourth-order valence-electron chi connectivity index (χ4n) is 1.88. The monoisotopic (exact) mass is 303 g/mol. The number of benzene rings is 1. The van der Waals surface area contributed by atoms with Crippen molar-refractivity contribution in [3.8, 4) is 0 Å². The lowest BCUT2D eigenvalue weighted by Crippen LogP contribution is -2.17. The third-order valence-electron chi connectivity index (χ3n) is 2.90. The van der Waals surface area contributed by atoms with Crippen LogP contribution in [0.5, 0.6) is 0 Å². The highest BCUT2D eigenvalue weighted by molar-refractivity contribution is 7.84. The van der Waals surface area contributed by atoms with Crippen molar-refractivity contribution in [3.63, 3.8) is 0 Å². The zero-order valence-electron chi connectivity index (χ0n) is 11.5. The van der Waals surface area contributed by atoms with Gasteiger partial charge in [0, 0.05) is 41.2 Å². The van der Waals surface area contributed by atoms with Gasteiger partial charge in [-0.25, -0.2) is 0 Å². The average Bonchev–Trinajstić information content (AvgIpc) is 2.48. The van der Waals surface area contributed by atoms with Crippen molar-refractivity contribution in [2.75, 3.05) is 17.6 Å². The molecule has 1 atom stereocenters. The maximum atomic E-state index is 12.0. The molecule has 3 N–H and O–H groups in total. The molecule has 0 aliphatic rings. The molecule has 0 bridgehead atoms. The van der Waals surface area contributed by atoms with Crippen LogP contribution in [-0.4, -0.2) is 27.4 Å². The molecular formula is C15H17N3O2S. The second-order valence-corrected chi connectivity index (χ2v) is 6.06. The van der Waals surface area contributed by atoms with Gasteiger partial charge in [-0.15, -0.1) is 0 Å². The van der Waals surface area contributed by atoms with Gasteiger partial charge in [0.05, 0.1) is 11.3 Å². The highest BCUT2D eigenvalue weighted by Crippen LogP contribution is 2.12. The van der Waals surface area contributed by atoms with E-state index in [4.69, 9.17) is 5.73 Å². The molecule has 1 heterocycles. The van der Waals surface area contributed by atoms with Crippen LogP contribution in [0.3, 0.4) is 0 Å². The highest BCUT2D eigenvalue weighted by Gasteiger charge is 2.08. The third kappa shape index (κ3) is 4.68. The number of nitrogens with two attached hydrogens (primary N) is 1. The molecule has 0 aliphatic carbocycles. The zero-order valence-corrected chi connectivity index (χ0v) is 12.3. The third-order valence-corrected chi connectivity index (χ3v) is 4.22. The molecule has 0 saturated heterocycles. The number of hydrogen-bond donors (Lipinski definition) is 2. The Morgan fingerprint density at radius 2 is 2.00 bits per heavy atom. The summed E-state index contributed by atoms with van der Waals surface area (Å²) in [6, 6.07) is 11.4. The Morgan fingerprint density at radius 1 is 1.24 bits per heavy atom. The van der Waals surface area contributed by atoms with Crippen molar-refractivity contribution >= 4 is 22.4 Å². The van der Waals surface area contributed by atoms with E-state index in [9.17, 15) is 9.00 Å². The van der Waals surface area contributed by atoms with Crippen molar-refractivity contribution in [1.82, 2.24) is 4.98 Å². The summed E-state index contributed by atoms with van der Waals surface area (Å²) in [5.41, 5.74) is 7.28. The molecule has 1 aromatic heterocycles. The van der Waals surface area contributed by atoms with E-state index in [1.165, 1.54) is 6.20 Å². The molecule has 0 saturated carbocycles. The number of carbonyl (C=O) groups excluding carboxylic acids is 1. The second-order valence-electron chi connectivity index (χ2n) is 4.49. The summed E-state index contributed by atoms with van der Waals surface area (Å²) in [5, 5.41) is 3.08. The summed E-state index contributed by atoms with van der Waals surface area (Å²) >= 11 is 0. The molecule has 0 radical (unpaired) electrons. The number of anilines is 1. The zero-order chi connectivity index (χ0) is 15.1. The summed E-state index contributed by atoms with van der Waals surface area (Å²) in [5.74, 6) is 0.493. The van der Waals surface area contributed by atoms with Crippen LogP contribution < -0.4 is 11.1 Å². The number of primary amides is 1. The highest BCUT2D eigenvalue weighted by atomic mass is 32.2. The van der Waals surface area contributed by atoms with Crippen LogP contribution in [0.4, 0.5) is 5.69 Å². The Bertz CT molecular complexity index is 632. The van der Waals surface area contributed by atoms with Crippen molar-refractivity contribution in [1.29, 1.82) is 0 Å². The number of nitrogens with zero attached hydrogens (tertiary/aromatic N) is 1. The first-order valence-corrected chi connectivity index (χ1v) is 8.02. The summed E-state index contributed by atoms with van der Waals surface area (Å²) in [7, 11) is -0.956. The van der Waals surface area contributed by atoms with Gasteiger partial charge in [-0.3, -0.25) is 14.0 Å². The number of nitrogens with one attached hydrogen (secondary N) is 1. The maximum absolute atomic E-state index is 12.0. The van der Waals surface area contributed by atoms with Crippen LogP contribution in [0.15, 0.2) is 48.8 Å². The Hall–Kier alpha value is -2.21. The predicted molar refractivity (Wildman–Crippen MR) is 84.4 cm³/mol. The van der Waals surface area contributed by atoms with Crippen LogP contribution in [-0.2, 0) is 16.6 Å². The largest absolute Gasteiger partial charge is 0.383 e. The number of amides is 1. The van der Waals surface area contributed by atoms with Gasteiger partial charge in [0.25, 0.3) is 5.91 Å². The fourth-order valence-corrected chi connectivity index (χ4v) is 2.92. The Balaban J connectivity index is 1.84. The summed E-state index contributed by atoms with van der Waals surface area (Å²) in [6.45, 7) is 0.504. The number of carbonyl (C=O) groups is 1. The van der Waals surface area contributed by atoms with Crippen molar-refractivity contribution in [2.24, 2.45) is 5.73 Å². The lowest BCUT2D eigenvalue weighted by atomic mass is 10.2. The predicted octanol–water partition coefficient (Wildman–Crippen LogP) is 1.54. The van der Waals surface area contributed by atoms with Crippen molar-refractivity contribution in [3.05, 3.63) is 59.9 Å². The summed E-state index contributed by atoms with van der Waals surface area (Å²) < 4.78 is 12.0. The van der Waals surface area contributed by atoms with Crippen LogP contribution in [0.2, 0.25) is 0 Å². The lowest BCUT2D eigenvalue weighted by Gasteiger charge is -2.09. The number of aromatic nitrogens is 1. The van der Waals surface area contributed by atoms with Gasteiger partial charge in [0.1, 0.15) is 0 Å². The minimum absolute atomic E-state index is 0.339. The number of hydrogen-bond acceptors (Lipinski definition) is 4. The van der Waals surface area contributed by atoms with Crippen LogP contribution >= 0.6 is 0 Å². The van der Waals surface area contributed by atoms with Gasteiger partial charge in [-0.2, -0.15) is 0 Å². The summed E-state index contributed by atoms with van der Waals surface area (Å²) in [4.78, 5) is 15.1. The van der Waals surface area contributed by atoms with Crippen LogP contribution in [0.25, 0.3) is 0 Å². The number of rotatable bonds is 7. The Morgan fingerprint density at radius 3 is 2.71 bits per heavy atom. The quantitative estimate of drug-likeness (QED) is 0.812. The van der Waals surface area contributed by atoms with Gasteiger partial charge in [-0.05, 0) is 11.6 Å². The molecule has 1 amide bonds.